The molecule has 0 atom stereocenters. The van der Waals surface area contributed by atoms with Gasteiger partial charge in [0, 0.05) is 25.7 Å². The molecule has 1 heterocycles. The fourth-order valence-electron chi connectivity index (χ4n) is 1.66. The van der Waals surface area contributed by atoms with Gasteiger partial charge >= 0.3 is 0 Å². The summed E-state index contributed by atoms with van der Waals surface area (Å²) in [5.74, 6) is 0. The van der Waals surface area contributed by atoms with Gasteiger partial charge in [-0.05, 0) is 17.7 Å². The molecule has 0 fully saturated rings. The fourth-order valence-corrected chi connectivity index (χ4v) is 2.77. The van der Waals surface area contributed by atoms with Crippen LogP contribution in [-0.4, -0.2) is 24.9 Å². The maximum atomic E-state index is 12.0. The van der Waals surface area contributed by atoms with E-state index in [-0.39, 0.29) is 4.90 Å². The van der Waals surface area contributed by atoms with Gasteiger partial charge < -0.3 is 10.7 Å². The maximum absolute atomic E-state index is 12.0. The third kappa shape index (κ3) is 3.63. The first-order valence-electron chi connectivity index (χ1n) is 5.88. The van der Waals surface area contributed by atoms with Gasteiger partial charge in [-0.3, -0.25) is 0 Å². The number of sulfonamides is 1. The van der Waals surface area contributed by atoms with Gasteiger partial charge in [-0.2, -0.15) is 0 Å². The molecule has 1 aromatic carbocycles. The van der Waals surface area contributed by atoms with Gasteiger partial charge in [-0.15, -0.1) is 0 Å². The van der Waals surface area contributed by atoms with Crippen molar-refractivity contribution in [2.75, 3.05) is 6.54 Å². The molecule has 0 aliphatic carbocycles. The Morgan fingerprint density at radius 1 is 1.37 bits per heavy atom. The van der Waals surface area contributed by atoms with E-state index in [1.807, 2.05) is 0 Å². The summed E-state index contributed by atoms with van der Waals surface area (Å²) in [6, 6.07) is 6.61. The summed E-state index contributed by atoms with van der Waals surface area (Å²) >= 11 is 0. The van der Waals surface area contributed by atoms with Crippen LogP contribution in [0.1, 0.15) is 11.3 Å². The standard InChI is InChI=1S/C12H16N4O2S/c13-7-10-2-1-3-12(6-10)19(17,18)16-5-4-11-8-14-9-15-11/h1-3,6,8-9,16H,4-5,7,13H2,(H,14,15). The number of hydrogen-bond acceptors (Lipinski definition) is 4. The molecule has 7 heteroatoms. The van der Waals surface area contributed by atoms with E-state index in [4.69, 9.17) is 5.73 Å². The minimum Gasteiger partial charge on any atom is -0.351 e. The van der Waals surface area contributed by atoms with Crippen LogP contribution >= 0.6 is 0 Å². The lowest BCUT2D eigenvalue weighted by atomic mass is 10.2. The zero-order valence-corrected chi connectivity index (χ0v) is 11.2. The van der Waals surface area contributed by atoms with Gasteiger partial charge in [0.05, 0.1) is 16.9 Å². The largest absolute Gasteiger partial charge is 0.351 e. The van der Waals surface area contributed by atoms with Gasteiger partial charge in [0.25, 0.3) is 0 Å². The van der Waals surface area contributed by atoms with Crippen molar-refractivity contribution >= 4 is 10.0 Å². The predicted octanol–water partition coefficient (Wildman–Crippen LogP) is 0.389. The first-order valence-corrected chi connectivity index (χ1v) is 7.36. The molecule has 0 aliphatic rings. The summed E-state index contributed by atoms with van der Waals surface area (Å²) in [6.07, 6.45) is 3.84. The molecule has 0 saturated heterocycles. The number of imidazole rings is 1. The van der Waals surface area contributed by atoms with Crippen LogP contribution in [0, 0.1) is 0 Å². The molecule has 0 saturated carbocycles. The number of nitrogens with two attached hydrogens (primary N) is 1. The van der Waals surface area contributed by atoms with E-state index in [9.17, 15) is 8.42 Å². The first-order chi connectivity index (χ1) is 9.12. The quantitative estimate of drug-likeness (QED) is 0.712. The molecule has 4 N–H and O–H groups in total. The van der Waals surface area contributed by atoms with Crippen molar-refractivity contribution in [3.05, 3.63) is 48.0 Å². The average molecular weight is 280 g/mol. The van der Waals surface area contributed by atoms with Crippen LogP contribution in [0.4, 0.5) is 0 Å². The highest BCUT2D eigenvalue weighted by molar-refractivity contribution is 7.89. The number of nitrogens with one attached hydrogen (secondary N) is 2. The molecular weight excluding hydrogens is 264 g/mol. The van der Waals surface area contributed by atoms with Crippen molar-refractivity contribution in [1.82, 2.24) is 14.7 Å². The highest BCUT2D eigenvalue weighted by atomic mass is 32.2. The summed E-state index contributed by atoms with van der Waals surface area (Å²) in [5.41, 5.74) is 7.10. The molecular formula is C12H16N4O2S. The third-order valence-corrected chi connectivity index (χ3v) is 4.13. The summed E-state index contributed by atoms with van der Waals surface area (Å²) in [4.78, 5) is 7.08. The van der Waals surface area contributed by atoms with Crippen molar-refractivity contribution in [2.24, 2.45) is 5.73 Å². The van der Waals surface area contributed by atoms with Crippen LogP contribution in [0.15, 0.2) is 41.7 Å². The van der Waals surface area contributed by atoms with Crippen LogP contribution in [0.25, 0.3) is 0 Å². The molecule has 0 radical (unpaired) electrons. The second kappa shape index (κ2) is 5.96. The van der Waals surface area contributed by atoms with Crippen molar-refractivity contribution in [2.45, 2.75) is 17.9 Å². The van der Waals surface area contributed by atoms with Crippen LogP contribution in [0.2, 0.25) is 0 Å². The van der Waals surface area contributed by atoms with Crippen LogP contribution in [-0.2, 0) is 23.0 Å². The Morgan fingerprint density at radius 2 is 2.21 bits per heavy atom. The first kappa shape index (κ1) is 13.7. The number of aromatic nitrogens is 2. The van der Waals surface area contributed by atoms with E-state index in [1.165, 1.54) is 0 Å². The summed E-state index contributed by atoms with van der Waals surface area (Å²) in [7, 11) is -3.49. The van der Waals surface area contributed by atoms with E-state index in [0.29, 0.717) is 19.5 Å². The molecule has 0 spiro atoms. The molecule has 102 valence electrons. The maximum Gasteiger partial charge on any atom is 0.240 e. The second-order valence-electron chi connectivity index (χ2n) is 4.06. The van der Waals surface area contributed by atoms with Crippen molar-refractivity contribution in [3.63, 3.8) is 0 Å². The second-order valence-corrected chi connectivity index (χ2v) is 5.83. The highest BCUT2D eigenvalue weighted by Crippen LogP contribution is 2.11. The lowest BCUT2D eigenvalue weighted by Crippen LogP contribution is -2.26. The monoisotopic (exact) mass is 280 g/mol. The third-order valence-electron chi connectivity index (χ3n) is 2.67. The van der Waals surface area contributed by atoms with Crippen molar-refractivity contribution < 1.29 is 8.42 Å². The lowest BCUT2D eigenvalue weighted by Gasteiger charge is -2.07. The fraction of sp³-hybridized carbons (Fsp3) is 0.250. The number of H-pyrrole nitrogens is 1. The Kier molecular flexibility index (Phi) is 4.31. The van der Waals surface area contributed by atoms with E-state index >= 15 is 0 Å². The van der Waals surface area contributed by atoms with Gasteiger partial charge in [-0.1, -0.05) is 12.1 Å². The predicted molar refractivity (Wildman–Crippen MR) is 71.8 cm³/mol. The molecule has 2 rings (SSSR count). The minimum absolute atomic E-state index is 0.234. The van der Waals surface area contributed by atoms with Crippen molar-refractivity contribution in [3.8, 4) is 0 Å². The molecule has 6 nitrogen and oxygen atoms in total. The van der Waals surface area contributed by atoms with E-state index in [0.717, 1.165) is 11.3 Å². The Labute approximate surface area is 112 Å². The van der Waals surface area contributed by atoms with E-state index in [1.54, 1.807) is 36.8 Å². The summed E-state index contributed by atoms with van der Waals surface area (Å²) in [5, 5.41) is 0. The molecule has 0 aliphatic heterocycles. The normalized spacial score (nSPS) is 11.6. The summed E-state index contributed by atoms with van der Waals surface area (Å²) < 4.78 is 26.6. The van der Waals surface area contributed by atoms with Crippen LogP contribution in [0.3, 0.4) is 0 Å². The van der Waals surface area contributed by atoms with Crippen molar-refractivity contribution in [1.29, 1.82) is 0 Å². The van der Waals surface area contributed by atoms with Gasteiger partial charge in [-0.25, -0.2) is 18.1 Å². The molecule has 1 aromatic heterocycles. The zero-order chi connectivity index (χ0) is 13.7. The van der Waals surface area contributed by atoms with Crippen LogP contribution in [0.5, 0.6) is 0 Å². The molecule has 0 amide bonds. The Morgan fingerprint density at radius 3 is 2.89 bits per heavy atom. The molecule has 0 unspecified atom stereocenters. The highest BCUT2D eigenvalue weighted by Gasteiger charge is 2.13. The summed E-state index contributed by atoms with van der Waals surface area (Å²) in [6.45, 7) is 0.622. The van der Waals surface area contributed by atoms with Gasteiger partial charge in [0.15, 0.2) is 0 Å². The van der Waals surface area contributed by atoms with Gasteiger partial charge in [0.2, 0.25) is 10.0 Å². The van der Waals surface area contributed by atoms with E-state index < -0.39 is 10.0 Å². The molecule has 2 aromatic rings. The number of benzene rings is 1. The average Bonchev–Trinajstić information content (AvgIpc) is 2.92. The SMILES string of the molecule is NCc1cccc(S(=O)(=O)NCCc2c[nH]cn2)c1. The van der Waals surface area contributed by atoms with Crippen LogP contribution < -0.4 is 10.5 Å². The number of hydrogen-bond donors (Lipinski definition) is 3. The minimum atomic E-state index is -3.49. The Hall–Kier alpha value is -1.70. The van der Waals surface area contributed by atoms with E-state index in [2.05, 4.69) is 14.7 Å². The topological polar surface area (TPSA) is 101 Å². The number of rotatable bonds is 6. The molecule has 19 heavy (non-hydrogen) atoms. The smallest absolute Gasteiger partial charge is 0.240 e. The zero-order valence-electron chi connectivity index (χ0n) is 10.3. The van der Waals surface area contributed by atoms with Gasteiger partial charge in [0.1, 0.15) is 0 Å². The Balaban J connectivity index is 2.01. The number of aromatic amines is 1. The number of nitrogens with zero attached hydrogens (tertiary/aromatic N) is 1. The lowest BCUT2D eigenvalue weighted by molar-refractivity contribution is 0.581. The Bertz CT molecular complexity index is 623. The molecule has 0 bridgehead atoms.